The van der Waals surface area contributed by atoms with Gasteiger partial charge in [-0.1, -0.05) is 0 Å². The summed E-state index contributed by atoms with van der Waals surface area (Å²) in [6.45, 7) is 6.56. The van der Waals surface area contributed by atoms with Gasteiger partial charge in [0.15, 0.2) is 0 Å². The van der Waals surface area contributed by atoms with Gasteiger partial charge in [-0.25, -0.2) is 9.59 Å². The van der Waals surface area contributed by atoms with Gasteiger partial charge in [-0.3, -0.25) is 0 Å². The molecule has 1 heterocycles. The Labute approximate surface area is 208 Å². The van der Waals surface area contributed by atoms with E-state index >= 15 is 0 Å². The zero-order chi connectivity index (χ0) is 19.5. The molecule has 0 aliphatic carbocycles. The molecule has 0 saturated carbocycles. The molecule has 28 heavy (non-hydrogen) atoms. The summed E-state index contributed by atoms with van der Waals surface area (Å²) in [5.74, 6) is -0.657. The van der Waals surface area contributed by atoms with Gasteiger partial charge in [-0.15, -0.1) is 0 Å². The van der Waals surface area contributed by atoms with E-state index < -0.39 is 11.6 Å². The molecule has 1 fully saturated rings. The zero-order valence-electron chi connectivity index (χ0n) is 17.6. The van der Waals surface area contributed by atoms with Gasteiger partial charge in [0.2, 0.25) is 0 Å². The van der Waals surface area contributed by atoms with Crippen LogP contribution in [0.15, 0.2) is 18.2 Å². The Balaban J connectivity index is 0.00000364. The molecule has 1 aliphatic rings. The fraction of sp³-hybridized carbons (Fsp3) is 0.579. The minimum Gasteiger partial charge on any atom is -0.870 e. The first-order chi connectivity index (χ1) is 12.1. The van der Waals surface area contributed by atoms with E-state index in [0.29, 0.717) is 31.7 Å². The van der Waals surface area contributed by atoms with Crippen molar-refractivity contribution in [2.24, 2.45) is 0 Å². The fourth-order valence-electron chi connectivity index (χ4n) is 2.73. The topological polar surface area (TPSA) is 109 Å². The van der Waals surface area contributed by atoms with Crippen LogP contribution >= 0.6 is 0 Å². The predicted molar refractivity (Wildman–Crippen MR) is 101 cm³/mol. The van der Waals surface area contributed by atoms with Crippen molar-refractivity contribution < 1.29 is 81.0 Å². The molecule has 1 amide bonds. The number of carbonyl (C=O) groups excluding carboxylic acids is 1. The van der Waals surface area contributed by atoms with E-state index in [1.165, 1.54) is 0 Å². The van der Waals surface area contributed by atoms with Crippen molar-refractivity contribution in [1.82, 2.24) is 4.90 Å². The van der Waals surface area contributed by atoms with Crippen molar-refractivity contribution in [2.75, 3.05) is 32.1 Å². The van der Waals surface area contributed by atoms with Crippen molar-refractivity contribution in [1.29, 1.82) is 0 Å². The Morgan fingerprint density at radius 1 is 1.18 bits per heavy atom. The van der Waals surface area contributed by atoms with E-state index in [1.54, 1.807) is 23.1 Å². The van der Waals surface area contributed by atoms with E-state index in [4.69, 9.17) is 9.47 Å². The number of anilines is 1. The van der Waals surface area contributed by atoms with E-state index in [2.05, 4.69) is 0 Å². The monoisotopic (exact) mass is 420 g/mol. The average molecular weight is 421 g/mol. The molecule has 0 aromatic heterocycles. The summed E-state index contributed by atoms with van der Waals surface area (Å²) in [7, 11) is 3.78. The molecule has 2 rings (SSSR count). The van der Waals surface area contributed by atoms with Crippen LogP contribution in [0.3, 0.4) is 0 Å². The third-order valence-corrected chi connectivity index (χ3v) is 4.10. The summed E-state index contributed by atoms with van der Waals surface area (Å²) in [5.41, 5.74) is 0.495. The Kier molecular flexibility index (Phi) is 11.0. The van der Waals surface area contributed by atoms with Gasteiger partial charge >= 0.3 is 63.4 Å². The van der Waals surface area contributed by atoms with Crippen molar-refractivity contribution in [3.05, 3.63) is 23.8 Å². The summed E-state index contributed by atoms with van der Waals surface area (Å²) in [5, 5.41) is 9.38. The van der Waals surface area contributed by atoms with E-state index in [0.717, 1.165) is 5.69 Å². The summed E-state index contributed by atoms with van der Waals surface area (Å²) < 4.78 is 11.4. The Hall–Kier alpha value is -0.844. The minimum absolute atomic E-state index is 0. The quantitative estimate of drug-likeness (QED) is 0.686. The number of hydrogen-bond donors (Lipinski definition) is 1. The van der Waals surface area contributed by atoms with Crippen LogP contribution in [0, 0.1) is 0 Å². The van der Waals surface area contributed by atoms with Crippen LogP contribution in [0.1, 0.15) is 44.0 Å². The molecule has 0 unspecified atom stereocenters. The van der Waals surface area contributed by atoms with Gasteiger partial charge in [0.25, 0.3) is 0 Å². The molecule has 0 spiro atoms. The number of amides is 1. The number of carboxylic acids is 1. The SMILES string of the molecule is CN(C)c1ccc(C(=O)O)c(OC2CCN(C(=O)OC(C)(C)C)CC2)c1.[K+].[OH-]. The maximum absolute atomic E-state index is 12.1. The van der Waals surface area contributed by atoms with Crippen LogP contribution in [0.25, 0.3) is 0 Å². The maximum atomic E-state index is 12.1. The standard InChI is InChI=1S/C19H28N2O5.K.H2O/c1-19(2,3)26-18(24)21-10-8-14(9-11-21)25-16-12-13(20(4)5)6-7-15(16)17(22)23;;/h6-7,12,14H,8-11H2,1-5H3,(H,22,23);;1H2/q;+1;/p-1. The number of carbonyl (C=O) groups is 2. The first-order valence-corrected chi connectivity index (χ1v) is 8.76. The van der Waals surface area contributed by atoms with Gasteiger partial charge in [0.05, 0.1) is 0 Å². The van der Waals surface area contributed by atoms with Crippen LogP contribution in [-0.2, 0) is 4.74 Å². The molecule has 1 aromatic rings. The molecule has 1 aromatic carbocycles. The summed E-state index contributed by atoms with van der Waals surface area (Å²) >= 11 is 0. The van der Waals surface area contributed by atoms with Gasteiger partial charge in [-0.05, 0) is 32.9 Å². The van der Waals surface area contributed by atoms with Gasteiger partial charge in [0, 0.05) is 51.8 Å². The Morgan fingerprint density at radius 3 is 2.21 bits per heavy atom. The van der Waals surface area contributed by atoms with Crippen LogP contribution in [-0.4, -0.2) is 66.4 Å². The Bertz CT molecular complexity index is 667. The van der Waals surface area contributed by atoms with Crippen LogP contribution in [0.4, 0.5) is 10.5 Å². The van der Waals surface area contributed by atoms with Crippen LogP contribution < -0.4 is 61.0 Å². The van der Waals surface area contributed by atoms with Crippen molar-refractivity contribution in [3.8, 4) is 5.75 Å². The van der Waals surface area contributed by atoms with Crippen molar-refractivity contribution in [3.63, 3.8) is 0 Å². The number of hydrogen-bond acceptors (Lipinski definition) is 6. The molecular formula is C19H29KN2O6. The summed E-state index contributed by atoms with van der Waals surface area (Å²) in [6.07, 6.45) is 0.801. The fourth-order valence-corrected chi connectivity index (χ4v) is 2.73. The second-order valence-corrected chi connectivity index (χ2v) is 7.66. The molecule has 1 saturated heterocycles. The smallest absolute Gasteiger partial charge is 0.870 e. The van der Waals surface area contributed by atoms with Crippen molar-refractivity contribution in [2.45, 2.75) is 45.3 Å². The molecule has 0 atom stereocenters. The van der Waals surface area contributed by atoms with Gasteiger partial charge < -0.3 is 29.9 Å². The number of carboxylic acid groups (broad SMARTS) is 1. The minimum atomic E-state index is -1.02. The number of aromatic carboxylic acids is 1. The van der Waals surface area contributed by atoms with Crippen LogP contribution in [0.2, 0.25) is 0 Å². The molecule has 0 radical (unpaired) electrons. The number of nitrogens with zero attached hydrogens (tertiary/aromatic N) is 2. The largest absolute Gasteiger partial charge is 1.00 e. The Morgan fingerprint density at radius 2 is 1.75 bits per heavy atom. The van der Waals surface area contributed by atoms with E-state index in [1.807, 2.05) is 39.8 Å². The predicted octanol–water partition coefficient (Wildman–Crippen LogP) is 0.0563. The van der Waals surface area contributed by atoms with Gasteiger partial charge in [0.1, 0.15) is 23.0 Å². The number of likely N-dealkylation sites (tertiary alicyclic amines) is 1. The molecular weight excluding hydrogens is 391 g/mol. The normalized spacial score (nSPS) is 14.4. The molecule has 8 nitrogen and oxygen atoms in total. The summed E-state index contributed by atoms with van der Waals surface area (Å²) in [6, 6.07) is 5.05. The molecule has 2 N–H and O–H groups in total. The number of rotatable bonds is 4. The number of ether oxygens (including phenoxy) is 2. The maximum Gasteiger partial charge on any atom is 1.00 e. The third kappa shape index (κ3) is 7.88. The number of benzene rings is 1. The number of piperidine rings is 1. The average Bonchev–Trinajstić information content (AvgIpc) is 2.53. The first-order valence-electron chi connectivity index (χ1n) is 8.76. The second kappa shape index (κ2) is 11.4. The molecule has 1 aliphatic heterocycles. The second-order valence-electron chi connectivity index (χ2n) is 7.66. The van der Waals surface area contributed by atoms with Gasteiger partial charge in [-0.2, -0.15) is 0 Å². The van der Waals surface area contributed by atoms with E-state index in [9.17, 15) is 14.7 Å². The van der Waals surface area contributed by atoms with E-state index in [-0.39, 0.29) is 74.6 Å². The van der Waals surface area contributed by atoms with Crippen LogP contribution in [0.5, 0.6) is 5.75 Å². The summed E-state index contributed by atoms with van der Waals surface area (Å²) in [4.78, 5) is 27.1. The zero-order valence-corrected chi connectivity index (χ0v) is 20.7. The molecule has 152 valence electrons. The first kappa shape index (κ1) is 27.2. The molecule has 0 bridgehead atoms. The third-order valence-electron chi connectivity index (χ3n) is 4.10. The molecule has 9 heteroatoms. The van der Waals surface area contributed by atoms with Crippen molar-refractivity contribution >= 4 is 17.7 Å².